The normalized spacial score (nSPS) is 15.5. The minimum absolute atomic E-state index is 0.0571. The van der Waals surface area contributed by atoms with E-state index in [2.05, 4.69) is 10.6 Å². The van der Waals surface area contributed by atoms with E-state index in [-0.39, 0.29) is 17.9 Å². The summed E-state index contributed by atoms with van der Waals surface area (Å²) >= 11 is 0. The third kappa shape index (κ3) is 4.35. The minimum Gasteiger partial charge on any atom is -0.349 e. The second-order valence-corrected chi connectivity index (χ2v) is 5.25. The summed E-state index contributed by atoms with van der Waals surface area (Å²) in [6.07, 6.45) is 3.21. The Balaban J connectivity index is 1.87. The predicted octanol–water partition coefficient (Wildman–Crippen LogP) is 1.64. The Hall–Kier alpha value is -1.88. The zero-order chi connectivity index (χ0) is 14.5. The van der Waals surface area contributed by atoms with Gasteiger partial charge in [0.1, 0.15) is 0 Å². The molecule has 5 heteroatoms. The zero-order valence-electron chi connectivity index (χ0n) is 11.7. The van der Waals surface area contributed by atoms with Crippen LogP contribution in [0.2, 0.25) is 0 Å². The molecule has 0 heterocycles. The zero-order valence-corrected chi connectivity index (χ0v) is 11.7. The fourth-order valence-corrected chi connectivity index (χ4v) is 1.80. The molecule has 0 aromatic heterocycles. The van der Waals surface area contributed by atoms with Crippen LogP contribution in [-0.4, -0.2) is 23.9 Å². The molecule has 0 spiro atoms. The van der Waals surface area contributed by atoms with Crippen LogP contribution in [0.25, 0.3) is 0 Å². The van der Waals surface area contributed by atoms with Crippen LogP contribution in [0.5, 0.6) is 0 Å². The van der Waals surface area contributed by atoms with Crippen LogP contribution in [0.1, 0.15) is 43.0 Å². The maximum Gasteiger partial charge on any atom is 0.251 e. The lowest BCUT2D eigenvalue weighted by Gasteiger charge is -2.10. The molecule has 1 aromatic rings. The number of carbonyl (C=O) groups is 2. The molecule has 1 atom stereocenters. The Bertz CT molecular complexity index is 480. The summed E-state index contributed by atoms with van der Waals surface area (Å²) in [6.45, 7) is 1.95. The summed E-state index contributed by atoms with van der Waals surface area (Å²) < 4.78 is 0. The average molecular weight is 275 g/mol. The Kier molecular flexibility index (Phi) is 4.74. The lowest BCUT2D eigenvalue weighted by molar-refractivity contribution is -0.116. The van der Waals surface area contributed by atoms with Crippen LogP contribution in [0, 0.1) is 0 Å². The summed E-state index contributed by atoms with van der Waals surface area (Å²) in [5.41, 5.74) is 7.02. The fraction of sp³-hybridized carbons (Fsp3) is 0.467. The number of amides is 2. The van der Waals surface area contributed by atoms with Gasteiger partial charge in [-0.2, -0.15) is 0 Å². The van der Waals surface area contributed by atoms with Gasteiger partial charge in [-0.15, -0.1) is 0 Å². The summed E-state index contributed by atoms with van der Waals surface area (Å²) in [5, 5.41) is 5.70. The number of nitrogens with two attached hydrogens (primary N) is 1. The van der Waals surface area contributed by atoms with Crippen molar-refractivity contribution in [2.75, 3.05) is 5.32 Å². The molecule has 1 unspecified atom stereocenters. The van der Waals surface area contributed by atoms with Gasteiger partial charge in [-0.1, -0.05) is 6.92 Å². The molecule has 108 valence electrons. The van der Waals surface area contributed by atoms with E-state index in [1.807, 2.05) is 6.92 Å². The molecular weight excluding hydrogens is 254 g/mol. The molecule has 0 aliphatic heterocycles. The molecule has 1 aromatic carbocycles. The first-order valence-electron chi connectivity index (χ1n) is 7.05. The van der Waals surface area contributed by atoms with Gasteiger partial charge in [0.05, 0.1) is 0 Å². The Morgan fingerprint density at radius 2 is 1.95 bits per heavy atom. The molecule has 1 aliphatic rings. The van der Waals surface area contributed by atoms with Crippen molar-refractivity contribution in [3.8, 4) is 0 Å². The molecule has 20 heavy (non-hydrogen) atoms. The van der Waals surface area contributed by atoms with E-state index < -0.39 is 0 Å². The van der Waals surface area contributed by atoms with Crippen molar-refractivity contribution in [2.24, 2.45) is 5.73 Å². The Morgan fingerprint density at radius 1 is 1.30 bits per heavy atom. The minimum atomic E-state index is -0.112. The molecule has 4 N–H and O–H groups in total. The largest absolute Gasteiger partial charge is 0.349 e. The number of benzene rings is 1. The summed E-state index contributed by atoms with van der Waals surface area (Å²) in [5.74, 6) is -0.159. The van der Waals surface area contributed by atoms with Crippen LogP contribution in [-0.2, 0) is 4.79 Å². The number of nitrogens with one attached hydrogen (secondary N) is 2. The lowest BCUT2D eigenvalue weighted by Crippen LogP contribution is -2.26. The van der Waals surface area contributed by atoms with Gasteiger partial charge in [0.2, 0.25) is 5.91 Å². The molecule has 2 rings (SSSR count). The van der Waals surface area contributed by atoms with Crippen LogP contribution >= 0.6 is 0 Å². The van der Waals surface area contributed by atoms with Gasteiger partial charge in [-0.25, -0.2) is 0 Å². The summed E-state index contributed by atoms with van der Waals surface area (Å²) in [6, 6.07) is 7.13. The first-order chi connectivity index (χ1) is 9.58. The van der Waals surface area contributed by atoms with Gasteiger partial charge in [-0.05, 0) is 43.5 Å². The molecule has 1 saturated carbocycles. The number of rotatable bonds is 6. The molecule has 1 aliphatic carbocycles. The first kappa shape index (κ1) is 14.5. The van der Waals surface area contributed by atoms with Crippen LogP contribution in [0.15, 0.2) is 24.3 Å². The van der Waals surface area contributed by atoms with E-state index in [1.54, 1.807) is 24.3 Å². The topological polar surface area (TPSA) is 84.2 Å². The summed E-state index contributed by atoms with van der Waals surface area (Å²) in [4.78, 5) is 23.5. The highest BCUT2D eigenvalue weighted by molar-refractivity contribution is 5.96. The van der Waals surface area contributed by atoms with E-state index in [4.69, 9.17) is 5.73 Å². The SMILES string of the molecule is CCC(N)CC(=O)Nc1ccc(C(=O)NC2CC2)cc1. The van der Waals surface area contributed by atoms with Gasteiger partial charge in [-0.3, -0.25) is 9.59 Å². The van der Waals surface area contributed by atoms with Crippen molar-refractivity contribution in [1.82, 2.24) is 5.32 Å². The van der Waals surface area contributed by atoms with Crippen molar-refractivity contribution < 1.29 is 9.59 Å². The Morgan fingerprint density at radius 3 is 2.50 bits per heavy atom. The van der Waals surface area contributed by atoms with E-state index >= 15 is 0 Å². The quantitative estimate of drug-likeness (QED) is 0.738. The van der Waals surface area contributed by atoms with Crippen molar-refractivity contribution in [1.29, 1.82) is 0 Å². The number of hydrogen-bond acceptors (Lipinski definition) is 3. The van der Waals surface area contributed by atoms with Crippen LogP contribution < -0.4 is 16.4 Å². The van der Waals surface area contributed by atoms with Gasteiger partial charge < -0.3 is 16.4 Å². The van der Waals surface area contributed by atoms with E-state index in [9.17, 15) is 9.59 Å². The number of carbonyl (C=O) groups excluding carboxylic acids is 2. The van der Waals surface area contributed by atoms with Crippen molar-refractivity contribution >= 4 is 17.5 Å². The third-order valence-electron chi connectivity index (χ3n) is 3.32. The maximum atomic E-state index is 11.8. The average Bonchev–Trinajstić information content (AvgIpc) is 3.23. The smallest absolute Gasteiger partial charge is 0.251 e. The highest BCUT2D eigenvalue weighted by Crippen LogP contribution is 2.19. The second kappa shape index (κ2) is 6.52. The van der Waals surface area contributed by atoms with Gasteiger partial charge in [0, 0.05) is 29.8 Å². The highest BCUT2D eigenvalue weighted by atomic mass is 16.2. The molecule has 1 fully saturated rings. The summed E-state index contributed by atoms with van der Waals surface area (Å²) in [7, 11) is 0. The fourth-order valence-electron chi connectivity index (χ4n) is 1.80. The van der Waals surface area contributed by atoms with Gasteiger partial charge in [0.25, 0.3) is 5.91 Å². The molecular formula is C15H21N3O2. The van der Waals surface area contributed by atoms with E-state index in [0.29, 0.717) is 23.7 Å². The Labute approximate surface area is 118 Å². The van der Waals surface area contributed by atoms with E-state index in [1.165, 1.54) is 0 Å². The number of hydrogen-bond donors (Lipinski definition) is 3. The standard InChI is InChI=1S/C15H21N3O2/c1-2-11(16)9-14(19)17-12-5-3-10(4-6-12)15(20)18-13-7-8-13/h3-6,11,13H,2,7-9,16H2,1H3,(H,17,19)(H,18,20). The molecule has 2 amide bonds. The van der Waals surface area contributed by atoms with Crippen molar-refractivity contribution in [3.63, 3.8) is 0 Å². The predicted molar refractivity (Wildman–Crippen MR) is 78.4 cm³/mol. The molecule has 5 nitrogen and oxygen atoms in total. The van der Waals surface area contributed by atoms with Crippen molar-refractivity contribution in [3.05, 3.63) is 29.8 Å². The highest BCUT2D eigenvalue weighted by Gasteiger charge is 2.23. The molecule has 0 bridgehead atoms. The number of anilines is 1. The van der Waals surface area contributed by atoms with Crippen LogP contribution in [0.3, 0.4) is 0 Å². The molecule has 0 saturated heterocycles. The van der Waals surface area contributed by atoms with Crippen molar-refractivity contribution in [2.45, 2.75) is 44.7 Å². The van der Waals surface area contributed by atoms with Crippen LogP contribution in [0.4, 0.5) is 5.69 Å². The lowest BCUT2D eigenvalue weighted by atomic mass is 10.1. The second-order valence-electron chi connectivity index (χ2n) is 5.25. The maximum absolute atomic E-state index is 11.8. The van der Waals surface area contributed by atoms with E-state index in [0.717, 1.165) is 19.3 Å². The molecule has 0 radical (unpaired) electrons. The van der Waals surface area contributed by atoms with Gasteiger partial charge >= 0.3 is 0 Å². The van der Waals surface area contributed by atoms with Gasteiger partial charge in [0.15, 0.2) is 0 Å². The first-order valence-corrected chi connectivity index (χ1v) is 7.05. The monoisotopic (exact) mass is 275 g/mol. The third-order valence-corrected chi connectivity index (χ3v) is 3.32.